The molecule has 0 saturated heterocycles. The number of aryl methyl sites for hydroxylation is 1. The lowest BCUT2D eigenvalue weighted by molar-refractivity contribution is 0.690. The predicted octanol–water partition coefficient (Wildman–Crippen LogP) is 2.54. The molecule has 0 aliphatic heterocycles. The zero-order valence-corrected chi connectivity index (χ0v) is 10.4. The summed E-state index contributed by atoms with van der Waals surface area (Å²) < 4.78 is 2.03. The van der Waals surface area contributed by atoms with Gasteiger partial charge >= 0.3 is 0 Å². The van der Waals surface area contributed by atoms with E-state index in [4.69, 9.17) is 5.73 Å². The first-order valence-electron chi connectivity index (χ1n) is 6.00. The molecule has 2 aromatic rings. The predicted molar refractivity (Wildman–Crippen MR) is 70.7 cm³/mol. The fourth-order valence-corrected chi connectivity index (χ4v) is 2.02. The van der Waals surface area contributed by atoms with Crippen molar-refractivity contribution in [2.24, 2.45) is 12.8 Å². The van der Waals surface area contributed by atoms with Gasteiger partial charge in [-0.1, -0.05) is 31.2 Å². The number of hydrogen-bond acceptors (Lipinski definition) is 2. The van der Waals surface area contributed by atoms with Crippen LogP contribution in [0.5, 0.6) is 0 Å². The van der Waals surface area contributed by atoms with Crippen molar-refractivity contribution in [1.29, 1.82) is 0 Å². The zero-order chi connectivity index (χ0) is 12.3. The van der Waals surface area contributed by atoms with Crippen molar-refractivity contribution >= 4 is 0 Å². The molecular weight excluding hydrogens is 210 g/mol. The summed E-state index contributed by atoms with van der Waals surface area (Å²) in [5.74, 6) is 1.53. The van der Waals surface area contributed by atoms with Crippen molar-refractivity contribution in [2.75, 3.05) is 6.54 Å². The minimum Gasteiger partial charge on any atom is -0.334 e. The summed E-state index contributed by atoms with van der Waals surface area (Å²) in [5.41, 5.74) is 8.08. The molecule has 3 nitrogen and oxygen atoms in total. The fourth-order valence-electron chi connectivity index (χ4n) is 2.02. The van der Waals surface area contributed by atoms with E-state index in [0.29, 0.717) is 5.92 Å². The number of nitrogens with zero attached hydrogens (tertiary/aromatic N) is 2. The molecule has 2 rings (SSSR count). The SMILES string of the molecule is CC(CCN)c1ccc(-c2nccn2C)cc1. The average molecular weight is 229 g/mol. The molecule has 1 atom stereocenters. The minimum absolute atomic E-state index is 0.524. The van der Waals surface area contributed by atoms with E-state index >= 15 is 0 Å². The zero-order valence-electron chi connectivity index (χ0n) is 10.4. The maximum atomic E-state index is 5.58. The van der Waals surface area contributed by atoms with E-state index in [1.807, 2.05) is 24.0 Å². The van der Waals surface area contributed by atoms with E-state index in [1.165, 1.54) is 5.56 Å². The average Bonchev–Trinajstić information content (AvgIpc) is 2.76. The van der Waals surface area contributed by atoms with Crippen LogP contribution in [-0.2, 0) is 7.05 Å². The quantitative estimate of drug-likeness (QED) is 0.875. The van der Waals surface area contributed by atoms with Gasteiger partial charge in [-0.25, -0.2) is 4.98 Å². The van der Waals surface area contributed by atoms with Gasteiger partial charge in [0.15, 0.2) is 0 Å². The highest BCUT2D eigenvalue weighted by Gasteiger charge is 2.06. The molecule has 1 aromatic heterocycles. The molecule has 1 unspecified atom stereocenters. The van der Waals surface area contributed by atoms with Crippen LogP contribution in [0.15, 0.2) is 36.7 Å². The third-order valence-corrected chi connectivity index (χ3v) is 3.16. The van der Waals surface area contributed by atoms with Gasteiger partial charge in [-0.05, 0) is 24.4 Å². The lowest BCUT2D eigenvalue weighted by atomic mass is 9.97. The number of imidazole rings is 1. The van der Waals surface area contributed by atoms with E-state index in [-0.39, 0.29) is 0 Å². The number of rotatable bonds is 4. The van der Waals surface area contributed by atoms with Crippen molar-refractivity contribution < 1.29 is 0 Å². The Bertz CT molecular complexity index is 470. The normalized spacial score (nSPS) is 12.6. The Kier molecular flexibility index (Phi) is 3.59. The van der Waals surface area contributed by atoms with Gasteiger partial charge in [0.25, 0.3) is 0 Å². The first-order chi connectivity index (χ1) is 8.22. The highest BCUT2D eigenvalue weighted by Crippen LogP contribution is 2.22. The molecule has 0 amide bonds. The van der Waals surface area contributed by atoms with Crippen LogP contribution in [0.25, 0.3) is 11.4 Å². The maximum Gasteiger partial charge on any atom is 0.139 e. The van der Waals surface area contributed by atoms with Crippen LogP contribution in [0.1, 0.15) is 24.8 Å². The Morgan fingerprint density at radius 2 is 2.00 bits per heavy atom. The van der Waals surface area contributed by atoms with Gasteiger partial charge in [0.05, 0.1) is 0 Å². The van der Waals surface area contributed by atoms with Crippen LogP contribution in [-0.4, -0.2) is 16.1 Å². The molecule has 0 bridgehead atoms. The van der Waals surface area contributed by atoms with Crippen LogP contribution >= 0.6 is 0 Å². The lowest BCUT2D eigenvalue weighted by Gasteiger charge is -2.11. The standard InChI is InChI=1S/C14H19N3/c1-11(7-8-15)12-3-5-13(6-4-12)14-16-9-10-17(14)2/h3-6,9-11H,7-8,15H2,1-2H3. The molecule has 1 heterocycles. The lowest BCUT2D eigenvalue weighted by Crippen LogP contribution is -2.04. The Labute approximate surface area is 102 Å². The summed E-state index contributed by atoms with van der Waals surface area (Å²) in [6.07, 6.45) is 4.81. The van der Waals surface area contributed by atoms with Crippen LogP contribution < -0.4 is 5.73 Å². The first kappa shape index (κ1) is 11.9. The van der Waals surface area contributed by atoms with Crippen LogP contribution in [0, 0.1) is 0 Å². The molecule has 0 saturated carbocycles. The van der Waals surface area contributed by atoms with Gasteiger partial charge in [0.2, 0.25) is 0 Å². The van der Waals surface area contributed by atoms with Gasteiger partial charge in [0, 0.05) is 25.0 Å². The van der Waals surface area contributed by atoms with Gasteiger partial charge in [0.1, 0.15) is 5.82 Å². The van der Waals surface area contributed by atoms with E-state index in [2.05, 4.69) is 36.2 Å². The third-order valence-electron chi connectivity index (χ3n) is 3.16. The number of benzene rings is 1. The van der Waals surface area contributed by atoms with Crippen molar-refractivity contribution in [3.63, 3.8) is 0 Å². The van der Waals surface area contributed by atoms with Crippen molar-refractivity contribution in [3.8, 4) is 11.4 Å². The van der Waals surface area contributed by atoms with E-state index in [9.17, 15) is 0 Å². The minimum atomic E-state index is 0.524. The molecule has 90 valence electrons. The molecule has 17 heavy (non-hydrogen) atoms. The van der Waals surface area contributed by atoms with Crippen molar-refractivity contribution in [1.82, 2.24) is 9.55 Å². The van der Waals surface area contributed by atoms with Crippen LogP contribution in [0.3, 0.4) is 0 Å². The van der Waals surface area contributed by atoms with Gasteiger partial charge < -0.3 is 10.3 Å². The van der Waals surface area contributed by atoms with Gasteiger partial charge in [-0.2, -0.15) is 0 Å². The highest BCUT2D eigenvalue weighted by molar-refractivity contribution is 5.56. The smallest absolute Gasteiger partial charge is 0.139 e. The number of aromatic nitrogens is 2. The monoisotopic (exact) mass is 229 g/mol. The Hall–Kier alpha value is -1.61. The third kappa shape index (κ3) is 2.56. The summed E-state index contributed by atoms with van der Waals surface area (Å²) in [6.45, 7) is 2.95. The summed E-state index contributed by atoms with van der Waals surface area (Å²) in [5, 5.41) is 0. The second kappa shape index (κ2) is 5.15. The Morgan fingerprint density at radius 1 is 1.29 bits per heavy atom. The second-order valence-corrected chi connectivity index (χ2v) is 4.46. The summed E-state index contributed by atoms with van der Waals surface area (Å²) in [6, 6.07) is 8.60. The van der Waals surface area contributed by atoms with Crippen molar-refractivity contribution in [2.45, 2.75) is 19.3 Å². The van der Waals surface area contributed by atoms with Crippen LogP contribution in [0.2, 0.25) is 0 Å². The molecule has 1 aromatic carbocycles. The molecule has 0 fully saturated rings. The second-order valence-electron chi connectivity index (χ2n) is 4.46. The number of hydrogen-bond donors (Lipinski definition) is 1. The van der Waals surface area contributed by atoms with Gasteiger partial charge in [-0.3, -0.25) is 0 Å². The summed E-state index contributed by atoms with van der Waals surface area (Å²) in [7, 11) is 2.01. The fraction of sp³-hybridized carbons (Fsp3) is 0.357. The van der Waals surface area contributed by atoms with Crippen molar-refractivity contribution in [3.05, 3.63) is 42.2 Å². The largest absolute Gasteiger partial charge is 0.334 e. The molecular formula is C14H19N3. The molecule has 3 heteroatoms. The molecule has 2 N–H and O–H groups in total. The maximum absolute atomic E-state index is 5.58. The van der Waals surface area contributed by atoms with E-state index in [0.717, 1.165) is 24.4 Å². The molecule has 0 radical (unpaired) electrons. The first-order valence-corrected chi connectivity index (χ1v) is 6.00. The number of nitrogens with two attached hydrogens (primary N) is 1. The molecule has 0 aliphatic carbocycles. The Morgan fingerprint density at radius 3 is 2.53 bits per heavy atom. The van der Waals surface area contributed by atoms with Gasteiger partial charge in [-0.15, -0.1) is 0 Å². The molecule has 0 aliphatic rings. The highest BCUT2D eigenvalue weighted by atomic mass is 15.0. The Balaban J connectivity index is 2.21. The van der Waals surface area contributed by atoms with E-state index in [1.54, 1.807) is 0 Å². The molecule has 0 spiro atoms. The topological polar surface area (TPSA) is 43.8 Å². The van der Waals surface area contributed by atoms with Crippen LogP contribution in [0.4, 0.5) is 0 Å². The summed E-state index contributed by atoms with van der Waals surface area (Å²) in [4.78, 5) is 4.34. The van der Waals surface area contributed by atoms with E-state index < -0.39 is 0 Å². The summed E-state index contributed by atoms with van der Waals surface area (Å²) >= 11 is 0.